The van der Waals surface area contributed by atoms with E-state index in [1.54, 1.807) is 34.7 Å². The Bertz CT molecular complexity index is 1180. The molecule has 0 aliphatic carbocycles. The number of fused-ring (bicyclic) bond motifs is 1. The lowest BCUT2D eigenvalue weighted by Crippen LogP contribution is -2.54. The highest BCUT2D eigenvalue weighted by Gasteiger charge is 2.29. The number of carbonyl (C=O) groups excluding carboxylic acids is 2. The van der Waals surface area contributed by atoms with Gasteiger partial charge in [-0.05, 0) is 39.0 Å². The Morgan fingerprint density at radius 3 is 2.65 bits per heavy atom. The van der Waals surface area contributed by atoms with Gasteiger partial charge in [-0.25, -0.2) is 4.79 Å². The van der Waals surface area contributed by atoms with Gasteiger partial charge in [0.1, 0.15) is 5.75 Å². The number of anilines is 2. The summed E-state index contributed by atoms with van der Waals surface area (Å²) in [7, 11) is 1.83. The molecule has 0 saturated carbocycles. The minimum absolute atomic E-state index is 0.0200. The van der Waals surface area contributed by atoms with Crippen LogP contribution >= 0.6 is 0 Å². The monoisotopic (exact) mass is 467 g/mol. The predicted octanol–water partition coefficient (Wildman–Crippen LogP) is 2.68. The zero-order valence-corrected chi connectivity index (χ0v) is 19.8. The number of nitrogens with zero attached hydrogens (tertiary/aromatic N) is 6. The lowest BCUT2D eigenvalue weighted by atomic mass is 10.1. The Kier molecular flexibility index (Phi) is 6.80. The molecular weight excluding hydrogens is 438 g/mol. The van der Waals surface area contributed by atoms with Crippen LogP contribution in [0.1, 0.15) is 31.1 Å². The Morgan fingerprint density at radius 1 is 1.15 bits per heavy atom. The van der Waals surface area contributed by atoms with Crippen molar-refractivity contribution in [1.29, 1.82) is 0 Å². The molecule has 4 rings (SSSR count). The number of hydrogen-bond acceptors (Lipinski definition) is 8. The maximum atomic E-state index is 13.0. The Balaban J connectivity index is 1.44. The highest BCUT2D eigenvalue weighted by atomic mass is 16.6. The van der Waals surface area contributed by atoms with Crippen LogP contribution in [0.15, 0.2) is 30.5 Å². The number of aromatic nitrogens is 4. The van der Waals surface area contributed by atoms with Gasteiger partial charge in [-0.1, -0.05) is 0 Å². The van der Waals surface area contributed by atoms with E-state index >= 15 is 0 Å². The van der Waals surface area contributed by atoms with Crippen LogP contribution in [0.3, 0.4) is 0 Å². The molecule has 0 unspecified atom stereocenters. The summed E-state index contributed by atoms with van der Waals surface area (Å²) < 4.78 is 12.5. The molecule has 3 aromatic rings. The molecular formula is C23H29N7O4. The smallest absolute Gasteiger partial charge is 0.410 e. The molecule has 1 saturated heterocycles. The molecule has 1 aliphatic rings. The molecule has 34 heavy (non-hydrogen) atoms. The summed E-state index contributed by atoms with van der Waals surface area (Å²) in [5.74, 6) is 1.14. The van der Waals surface area contributed by atoms with E-state index in [2.05, 4.69) is 25.5 Å². The van der Waals surface area contributed by atoms with Crippen LogP contribution in [-0.4, -0.2) is 75.8 Å². The van der Waals surface area contributed by atoms with E-state index in [1.165, 1.54) is 0 Å². The summed E-state index contributed by atoms with van der Waals surface area (Å²) in [6, 6.07) is 7.02. The average molecular weight is 468 g/mol. The van der Waals surface area contributed by atoms with E-state index < -0.39 is 0 Å². The summed E-state index contributed by atoms with van der Waals surface area (Å²) in [5.41, 5.74) is 1.15. The van der Waals surface area contributed by atoms with Crippen LogP contribution in [0.2, 0.25) is 0 Å². The van der Waals surface area contributed by atoms with E-state index in [0.29, 0.717) is 55.8 Å². The van der Waals surface area contributed by atoms with Gasteiger partial charge >= 0.3 is 6.09 Å². The molecule has 0 spiro atoms. The van der Waals surface area contributed by atoms with E-state index in [-0.39, 0.29) is 18.0 Å². The lowest BCUT2D eigenvalue weighted by molar-refractivity contribution is 0.0890. The average Bonchev–Trinajstić information content (AvgIpc) is 3.18. The van der Waals surface area contributed by atoms with Crippen molar-refractivity contribution in [3.63, 3.8) is 0 Å². The van der Waals surface area contributed by atoms with Gasteiger partial charge in [-0.2, -0.15) is 5.10 Å². The highest BCUT2D eigenvalue weighted by molar-refractivity contribution is 6.08. The van der Waals surface area contributed by atoms with E-state index in [0.717, 1.165) is 10.9 Å². The Hall–Kier alpha value is -3.89. The van der Waals surface area contributed by atoms with Crippen molar-refractivity contribution in [2.24, 2.45) is 7.05 Å². The van der Waals surface area contributed by atoms with E-state index in [4.69, 9.17) is 9.47 Å². The van der Waals surface area contributed by atoms with Gasteiger partial charge < -0.3 is 24.6 Å². The first-order valence-corrected chi connectivity index (χ1v) is 11.3. The van der Waals surface area contributed by atoms with Crippen LogP contribution in [0.4, 0.5) is 16.4 Å². The van der Waals surface area contributed by atoms with Crippen LogP contribution in [0.25, 0.3) is 10.9 Å². The minimum atomic E-state index is -0.340. The second kappa shape index (κ2) is 9.94. The Morgan fingerprint density at radius 2 is 1.97 bits per heavy atom. The molecule has 1 aromatic carbocycles. The fraction of sp³-hybridized carbons (Fsp3) is 0.435. The van der Waals surface area contributed by atoms with Gasteiger partial charge in [0.05, 0.1) is 24.3 Å². The molecule has 1 atom stereocenters. The predicted molar refractivity (Wildman–Crippen MR) is 127 cm³/mol. The first-order chi connectivity index (χ1) is 16.4. The summed E-state index contributed by atoms with van der Waals surface area (Å²) in [5, 5.41) is 16.5. The molecule has 0 radical (unpaired) electrons. The highest BCUT2D eigenvalue weighted by Crippen LogP contribution is 2.26. The first-order valence-electron chi connectivity index (χ1n) is 11.3. The van der Waals surface area contributed by atoms with Crippen molar-refractivity contribution in [2.45, 2.75) is 26.8 Å². The zero-order valence-electron chi connectivity index (χ0n) is 19.8. The minimum Gasteiger partial charge on any atom is -0.493 e. The van der Waals surface area contributed by atoms with Gasteiger partial charge in [0, 0.05) is 50.4 Å². The van der Waals surface area contributed by atoms with Gasteiger partial charge in [0.25, 0.3) is 5.91 Å². The van der Waals surface area contributed by atoms with Crippen molar-refractivity contribution in [3.8, 4) is 5.75 Å². The maximum Gasteiger partial charge on any atom is 0.410 e. The zero-order chi connectivity index (χ0) is 24.2. The number of aryl methyl sites for hydroxylation is 1. The summed E-state index contributed by atoms with van der Waals surface area (Å²) in [6.45, 7) is 8.18. The van der Waals surface area contributed by atoms with Crippen LogP contribution < -0.4 is 15.0 Å². The molecule has 11 heteroatoms. The molecule has 11 nitrogen and oxygen atoms in total. The van der Waals surface area contributed by atoms with Crippen molar-refractivity contribution >= 4 is 34.5 Å². The molecule has 0 bridgehead atoms. The van der Waals surface area contributed by atoms with Gasteiger partial charge in [0.15, 0.2) is 11.6 Å². The number of nitrogens with one attached hydrogen (secondary N) is 1. The fourth-order valence-corrected chi connectivity index (χ4v) is 4.02. The lowest BCUT2D eigenvalue weighted by Gasteiger charge is -2.39. The number of piperazine rings is 1. The maximum absolute atomic E-state index is 13.0. The van der Waals surface area contributed by atoms with E-state index in [9.17, 15) is 9.59 Å². The largest absolute Gasteiger partial charge is 0.493 e. The molecule has 1 aliphatic heterocycles. The van der Waals surface area contributed by atoms with Gasteiger partial charge in [0.2, 0.25) is 0 Å². The molecule has 1 N–H and O–H groups in total. The topological polar surface area (TPSA) is 115 Å². The van der Waals surface area contributed by atoms with Crippen molar-refractivity contribution < 1.29 is 19.1 Å². The second-order valence-electron chi connectivity index (χ2n) is 8.06. The van der Waals surface area contributed by atoms with Crippen molar-refractivity contribution in [2.75, 3.05) is 43.1 Å². The van der Waals surface area contributed by atoms with Crippen LogP contribution in [0, 0.1) is 0 Å². The van der Waals surface area contributed by atoms with Crippen LogP contribution in [-0.2, 0) is 11.8 Å². The second-order valence-corrected chi connectivity index (χ2v) is 8.06. The number of carbonyl (C=O) groups is 2. The number of rotatable bonds is 6. The van der Waals surface area contributed by atoms with Crippen molar-refractivity contribution in [1.82, 2.24) is 24.9 Å². The summed E-state index contributed by atoms with van der Waals surface area (Å²) in [4.78, 5) is 28.8. The third-order valence-electron chi connectivity index (χ3n) is 5.61. The van der Waals surface area contributed by atoms with Crippen LogP contribution in [0.5, 0.6) is 5.75 Å². The quantitative estimate of drug-likeness (QED) is 0.589. The third-order valence-corrected chi connectivity index (χ3v) is 5.61. The summed E-state index contributed by atoms with van der Waals surface area (Å²) >= 11 is 0. The first kappa shape index (κ1) is 23.3. The number of benzene rings is 1. The molecule has 1 fully saturated rings. The van der Waals surface area contributed by atoms with E-state index in [1.807, 2.05) is 33.2 Å². The fourth-order valence-electron chi connectivity index (χ4n) is 4.02. The van der Waals surface area contributed by atoms with Crippen molar-refractivity contribution in [3.05, 3.63) is 36.0 Å². The van der Waals surface area contributed by atoms with Gasteiger partial charge in [-0.15, -0.1) is 10.2 Å². The normalized spacial score (nSPS) is 15.9. The summed E-state index contributed by atoms with van der Waals surface area (Å²) in [6.07, 6.45) is 1.55. The standard InChI is InChI=1S/C23H29N7O4/c1-5-33-19-12-18-16(14-28(4)27-18)11-17(19)22(31)24-20-7-8-21(26-25-20)29-9-10-30(15(3)13-29)23(32)34-6-2/h7-8,11-12,14-15H,5-6,9-10,13H2,1-4H3,(H,24,25,31)/t15-/m0/s1. The third kappa shape index (κ3) is 4.87. The molecule has 180 valence electrons. The molecule has 3 heterocycles. The van der Waals surface area contributed by atoms with Gasteiger partial charge in [-0.3, -0.25) is 9.48 Å². The molecule has 2 aromatic heterocycles. The molecule has 2 amide bonds. The number of ether oxygens (including phenoxy) is 2. The Labute approximate surface area is 197 Å². The number of hydrogen-bond donors (Lipinski definition) is 1. The number of amides is 2. The SMILES string of the molecule is CCOC(=O)N1CCN(c2ccc(NC(=O)c3cc4cn(C)nc4cc3OCC)nn2)C[C@@H]1C.